The Kier molecular flexibility index (Phi) is 6.37. The largest absolute Gasteiger partial charge is 0.294 e. The molecule has 1 unspecified atom stereocenters. The molecule has 1 saturated heterocycles. The Bertz CT molecular complexity index is 954. The number of thioether (sulfide) groups is 1. The van der Waals surface area contributed by atoms with Crippen LogP contribution in [-0.4, -0.2) is 33.6 Å². The summed E-state index contributed by atoms with van der Waals surface area (Å²) in [6.45, 7) is 7.94. The molecule has 0 bridgehead atoms. The molecule has 0 saturated carbocycles. The zero-order valence-corrected chi connectivity index (χ0v) is 17.4. The van der Waals surface area contributed by atoms with Gasteiger partial charge in [-0.25, -0.2) is 4.99 Å². The second-order valence-electron chi connectivity index (χ2n) is 6.66. The van der Waals surface area contributed by atoms with Gasteiger partial charge < -0.3 is 0 Å². The van der Waals surface area contributed by atoms with Crippen LogP contribution < -0.4 is 0 Å². The van der Waals surface area contributed by atoms with Gasteiger partial charge in [0.25, 0.3) is 0 Å². The van der Waals surface area contributed by atoms with E-state index in [2.05, 4.69) is 11.6 Å². The van der Waals surface area contributed by atoms with Gasteiger partial charge in [-0.3, -0.25) is 14.5 Å². The summed E-state index contributed by atoms with van der Waals surface area (Å²) in [5.41, 5.74) is 3.32. The van der Waals surface area contributed by atoms with Crippen LogP contribution in [0.15, 0.2) is 60.1 Å². The van der Waals surface area contributed by atoms with Crippen LogP contribution in [0.25, 0.3) is 0 Å². The van der Waals surface area contributed by atoms with Gasteiger partial charge in [0.2, 0.25) is 5.91 Å². The van der Waals surface area contributed by atoms with Crippen LogP contribution in [0.4, 0.5) is 5.69 Å². The van der Waals surface area contributed by atoms with E-state index in [1.165, 1.54) is 11.8 Å². The topological polar surface area (TPSA) is 49.7 Å². The molecule has 28 heavy (non-hydrogen) atoms. The fourth-order valence-electron chi connectivity index (χ4n) is 2.96. The molecule has 3 rings (SSSR count). The van der Waals surface area contributed by atoms with Gasteiger partial charge in [-0.15, -0.1) is 6.58 Å². The van der Waals surface area contributed by atoms with Crippen LogP contribution in [0.1, 0.15) is 27.9 Å². The molecule has 0 aromatic heterocycles. The van der Waals surface area contributed by atoms with Gasteiger partial charge in [0.05, 0.1) is 10.9 Å². The molecule has 0 spiro atoms. The van der Waals surface area contributed by atoms with Crippen molar-refractivity contribution < 1.29 is 9.59 Å². The third-order valence-electron chi connectivity index (χ3n) is 4.45. The number of benzene rings is 2. The molecule has 6 heteroatoms. The Balaban J connectivity index is 1.83. The van der Waals surface area contributed by atoms with Crippen LogP contribution in [0, 0.1) is 13.8 Å². The lowest BCUT2D eigenvalue weighted by Gasteiger charge is -2.14. The molecule has 144 valence electrons. The number of amides is 1. The number of hydrogen-bond donors (Lipinski definition) is 0. The minimum absolute atomic E-state index is 0.0293. The number of carbonyl (C=O) groups is 2. The highest BCUT2D eigenvalue weighted by Crippen LogP contribution is 2.33. The van der Waals surface area contributed by atoms with Crippen molar-refractivity contribution in [1.29, 1.82) is 0 Å². The lowest BCUT2D eigenvalue weighted by atomic mass is 9.99. The molecular formula is C22H21ClN2O2S. The number of Topliss-reactive ketones (excluding diaryl/α,β-unsaturated/α-hetero) is 1. The molecule has 0 N–H and O–H groups in total. The first-order valence-corrected chi connectivity index (χ1v) is 10.2. The van der Waals surface area contributed by atoms with E-state index in [0.717, 1.165) is 11.1 Å². The number of ketones is 1. The van der Waals surface area contributed by atoms with E-state index in [1.807, 2.05) is 32.0 Å². The number of halogens is 1. The quantitative estimate of drug-likeness (QED) is 0.474. The van der Waals surface area contributed by atoms with Crippen molar-refractivity contribution in [2.45, 2.75) is 25.5 Å². The predicted octanol–water partition coefficient (Wildman–Crippen LogP) is 5.35. The highest BCUT2D eigenvalue weighted by molar-refractivity contribution is 8.15. The third kappa shape index (κ3) is 4.54. The van der Waals surface area contributed by atoms with Crippen molar-refractivity contribution in [2.24, 2.45) is 4.99 Å². The van der Waals surface area contributed by atoms with Gasteiger partial charge in [-0.1, -0.05) is 47.1 Å². The molecule has 1 atom stereocenters. The fraction of sp³-hybridized carbons (Fsp3) is 0.227. The molecule has 2 aromatic carbocycles. The van der Waals surface area contributed by atoms with Crippen LogP contribution in [-0.2, 0) is 4.79 Å². The van der Waals surface area contributed by atoms with Crippen molar-refractivity contribution in [3.8, 4) is 0 Å². The van der Waals surface area contributed by atoms with Gasteiger partial charge in [0, 0.05) is 23.6 Å². The number of hydrogen-bond acceptors (Lipinski definition) is 4. The maximum atomic E-state index is 12.9. The van der Waals surface area contributed by atoms with Gasteiger partial charge in [-0.05, 0) is 49.7 Å². The van der Waals surface area contributed by atoms with Gasteiger partial charge in [0.15, 0.2) is 11.0 Å². The van der Waals surface area contributed by atoms with Crippen molar-refractivity contribution in [3.05, 3.63) is 76.8 Å². The SMILES string of the molecule is C=CCN1C(=O)C(CC(=O)c2cc(C)ccc2C)SC1=Nc1ccc(Cl)cc1. The Labute approximate surface area is 174 Å². The zero-order valence-electron chi connectivity index (χ0n) is 15.8. The van der Waals surface area contributed by atoms with E-state index in [4.69, 9.17) is 11.6 Å². The highest BCUT2D eigenvalue weighted by atomic mass is 35.5. The second kappa shape index (κ2) is 8.76. The van der Waals surface area contributed by atoms with Crippen molar-refractivity contribution >= 4 is 45.9 Å². The second-order valence-corrected chi connectivity index (χ2v) is 8.27. The molecule has 1 aliphatic heterocycles. The molecule has 0 radical (unpaired) electrons. The summed E-state index contributed by atoms with van der Waals surface area (Å²) < 4.78 is 0. The Morgan fingerprint density at radius 2 is 1.96 bits per heavy atom. The first kappa shape index (κ1) is 20.4. The molecule has 0 aliphatic carbocycles. The monoisotopic (exact) mass is 412 g/mol. The van der Waals surface area contributed by atoms with Crippen LogP contribution in [0.3, 0.4) is 0 Å². The summed E-state index contributed by atoms with van der Waals surface area (Å²) in [7, 11) is 0. The number of aliphatic imine (C=N–C) groups is 1. The molecule has 1 amide bonds. The van der Waals surface area contributed by atoms with E-state index in [9.17, 15) is 9.59 Å². The number of aryl methyl sites for hydroxylation is 2. The predicted molar refractivity (Wildman–Crippen MR) is 117 cm³/mol. The molecule has 1 fully saturated rings. The number of rotatable bonds is 6. The van der Waals surface area contributed by atoms with Gasteiger partial charge >= 0.3 is 0 Å². The number of amidine groups is 1. The number of nitrogens with zero attached hydrogens (tertiary/aromatic N) is 2. The molecule has 4 nitrogen and oxygen atoms in total. The highest BCUT2D eigenvalue weighted by Gasteiger charge is 2.38. The van der Waals surface area contributed by atoms with E-state index < -0.39 is 5.25 Å². The molecule has 1 aliphatic rings. The van der Waals surface area contributed by atoms with Crippen LogP contribution in [0.5, 0.6) is 0 Å². The maximum Gasteiger partial charge on any atom is 0.242 e. The van der Waals surface area contributed by atoms with Gasteiger partial charge in [-0.2, -0.15) is 0 Å². The first-order valence-electron chi connectivity index (χ1n) is 8.92. The smallest absolute Gasteiger partial charge is 0.242 e. The van der Waals surface area contributed by atoms with Crippen molar-refractivity contribution in [3.63, 3.8) is 0 Å². The molecule has 2 aromatic rings. The van der Waals surface area contributed by atoms with E-state index in [1.54, 1.807) is 35.2 Å². The maximum absolute atomic E-state index is 12.9. The van der Waals surface area contributed by atoms with Crippen molar-refractivity contribution in [1.82, 2.24) is 4.90 Å². The lowest BCUT2D eigenvalue weighted by Crippen LogP contribution is -2.33. The van der Waals surface area contributed by atoms with Crippen LogP contribution in [0.2, 0.25) is 5.02 Å². The third-order valence-corrected chi connectivity index (χ3v) is 5.87. The summed E-state index contributed by atoms with van der Waals surface area (Å²) in [6, 6.07) is 12.9. The average molecular weight is 413 g/mol. The summed E-state index contributed by atoms with van der Waals surface area (Å²) in [5, 5.41) is 0.712. The number of carbonyl (C=O) groups excluding carboxylic acids is 2. The van der Waals surface area contributed by atoms with Crippen molar-refractivity contribution in [2.75, 3.05) is 6.54 Å². The Hall–Kier alpha value is -2.37. The first-order chi connectivity index (χ1) is 13.4. The van der Waals surface area contributed by atoms with E-state index in [0.29, 0.717) is 28.0 Å². The average Bonchev–Trinajstić information content (AvgIpc) is 2.94. The molecule has 1 heterocycles. The summed E-state index contributed by atoms with van der Waals surface area (Å²) >= 11 is 7.25. The summed E-state index contributed by atoms with van der Waals surface area (Å²) in [6.07, 6.45) is 1.80. The summed E-state index contributed by atoms with van der Waals surface area (Å²) in [4.78, 5) is 31.9. The standard InChI is InChI=1S/C22H21ClN2O2S/c1-4-11-25-21(27)20(13-19(26)18-12-14(2)5-6-15(18)3)28-22(25)24-17-9-7-16(23)8-10-17/h4-10,12,20H,1,11,13H2,2-3H3. The molecular weight excluding hydrogens is 392 g/mol. The minimum Gasteiger partial charge on any atom is -0.294 e. The Morgan fingerprint density at radius 3 is 2.64 bits per heavy atom. The lowest BCUT2D eigenvalue weighted by molar-refractivity contribution is -0.125. The zero-order chi connectivity index (χ0) is 20.3. The Morgan fingerprint density at radius 1 is 1.25 bits per heavy atom. The normalized spacial score (nSPS) is 18.0. The van der Waals surface area contributed by atoms with E-state index in [-0.39, 0.29) is 18.1 Å². The van der Waals surface area contributed by atoms with Gasteiger partial charge in [0.1, 0.15) is 0 Å². The van der Waals surface area contributed by atoms with E-state index >= 15 is 0 Å². The summed E-state index contributed by atoms with van der Waals surface area (Å²) in [5.74, 6) is -0.144. The fourth-order valence-corrected chi connectivity index (χ4v) is 4.26. The minimum atomic E-state index is -0.488. The van der Waals surface area contributed by atoms with Crippen LogP contribution >= 0.6 is 23.4 Å².